The summed E-state index contributed by atoms with van der Waals surface area (Å²) in [6.07, 6.45) is 0. The smallest absolute Gasteiger partial charge is 0.281 e. The predicted molar refractivity (Wildman–Crippen MR) is 80.5 cm³/mol. The van der Waals surface area contributed by atoms with Gasteiger partial charge in [-0.25, -0.2) is 0 Å². The molecule has 0 spiro atoms. The van der Waals surface area contributed by atoms with Crippen molar-refractivity contribution in [1.29, 1.82) is 0 Å². The van der Waals surface area contributed by atoms with E-state index in [9.17, 15) is 8.42 Å². The van der Waals surface area contributed by atoms with E-state index in [0.717, 1.165) is 10.2 Å². The number of nitrogens with zero attached hydrogens (tertiary/aromatic N) is 3. The Labute approximate surface area is 123 Å². The van der Waals surface area contributed by atoms with E-state index in [1.807, 2.05) is 24.3 Å². The molecule has 106 valence electrons. The second-order valence-corrected chi connectivity index (χ2v) is 7.62. The van der Waals surface area contributed by atoms with Gasteiger partial charge in [0.15, 0.2) is 0 Å². The molecule has 0 unspecified atom stereocenters. The Morgan fingerprint density at radius 2 is 1.68 bits per heavy atom. The van der Waals surface area contributed by atoms with E-state index in [1.54, 1.807) is 14.1 Å². The monoisotopic (exact) mass is 347 g/mol. The van der Waals surface area contributed by atoms with Gasteiger partial charge < -0.3 is 4.90 Å². The fraction of sp³-hybridized carbons (Fsp3) is 0.500. The Kier molecular flexibility index (Phi) is 4.50. The van der Waals surface area contributed by atoms with Gasteiger partial charge in [0.25, 0.3) is 10.2 Å². The minimum absolute atomic E-state index is 0.516. The molecule has 1 fully saturated rings. The molecule has 0 amide bonds. The molecule has 5 nitrogen and oxygen atoms in total. The van der Waals surface area contributed by atoms with Gasteiger partial charge in [0.2, 0.25) is 0 Å². The van der Waals surface area contributed by atoms with Crippen molar-refractivity contribution < 1.29 is 8.42 Å². The van der Waals surface area contributed by atoms with Crippen molar-refractivity contribution in [2.75, 3.05) is 45.2 Å². The molecule has 0 radical (unpaired) electrons. The van der Waals surface area contributed by atoms with E-state index in [2.05, 4.69) is 20.8 Å². The van der Waals surface area contributed by atoms with Gasteiger partial charge in [-0.05, 0) is 28.1 Å². The van der Waals surface area contributed by atoms with Crippen molar-refractivity contribution in [3.63, 3.8) is 0 Å². The maximum absolute atomic E-state index is 12.0. The second kappa shape index (κ2) is 5.78. The van der Waals surface area contributed by atoms with Gasteiger partial charge in [-0.1, -0.05) is 12.1 Å². The summed E-state index contributed by atoms with van der Waals surface area (Å²) in [6.45, 7) is 2.44. The highest BCUT2D eigenvalue weighted by atomic mass is 79.9. The van der Waals surface area contributed by atoms with Crippen LogP contribution < -0.4 is 4.90 Å². The van der Waals surface area contributed by atoms with Crippen molar-refractivity contribution >= 4 is 31.8 Å². The zero-order valence-corrected chi connectivity index (χ0v) is 13.5. The zero-order chi connectivity index (χ0) is 14.0. The minimum Gasteiger partial charge on any atom is -0.368 e. The van der Waals surface area contributed by atoms with Gasteiger partial charge in [-0.3, -0.25) is 0 Å². The minimum atomic E-state index is -3.29. The predicted octanol–water partition coefficient (Wildman–Crippen LogP) is 1.38. The van der Waals surface area contributed by atoms with E-state index in [-0.39, 0.29) is 0 Å². The topological polar surface area (TPSA) is 43.9 Å². The quantitative estimate of drug-likeness (QED) is 0.829. The first-order chi connectivity index (χ1) is 8.93. The molecular formula is C12H18BrN3O2S. The number of benzene rings is 1. The molecule has 0 bridgehead atoms. The lowest BCUT2D eigenvalue weighted by Crippen LogP contribution is -2.51. The molecule has 19 heavy (non-hydrogen) atoms. The summed E-state index contributed by atoms with van der Waals surface area (Å²) in [4.78, 5) is 2.20. The summed E-state index contributed by atoms with van der Waals surface area (Å²) >= 11 is 3.53. The number of rotatable bonds is 3. The van der Waals surface area contributed by atoms with Crippen LogP contribution in [0, 0.1) is 0 Å². The first-order valence-corrected chi connectivity index (χ1v) is 8.29. The third kappa shape index (κ3) is 3.10. The van der Waals surface area contributed by atoms with E-state index in [1.165, 1.54) is 8.61 Å². The highest BCUT2D eigenvalue weighted by Gasteiger charge is 2.28. The summed E-state index contributed by atoms with van der Waals surface area (Å²) in [5, 5.41) is 0. The summed E-state index contributed by atoms with van der Waals surface area (Å²) < 4.78 is 27.9. The van der Waals surface area contributed by atoms with Crippen molar-refractivity contribution in [3.8, 4) is 0 Å². The van der Waals surface area contributed by atoms with Crippen LogP contribution in [0.3, 0.4) is 0 Å². The van der Waals surface area contributed by atoms with Gasteiger partial charge in [0, 0.05) is 44.7 Å². The Hall–Kier alpha value is -0.630. The molecule has 0 aromatic heterocycles. The first-order valence-electron chi connectivity index (χ1n) is 6.10. The highest BCUT2D eigenvalue weighted by Crippen LogP contribution is 2.26. The van der Waals surface area contributed by atoms with E-state index in [4.69, 9.17) is 0 Å². The van der Waals surface area contributed by atoms with Gasteiger partial charge in [-0.2, -0.15) is 17.0 Å². The van der Waals surface area contributed by atoms with Crippen LogP contribution in [0.5, 0.6) is 0 Å². The third-order valence-electron chi connectivity index (χ3n) is 3.22. The van der Waals surface area contributed by atoms with Gasteiger partial charge in [0.05, 0.1) is 5.69 Å². The van der Waals surface area contributed by atoms with Crippen LogP contribution in [0.2, 0.25) is 0 Å². The number of anilines is 1. The molecule has 7 heteroatoms. The molecule has 1 aromatic rings. The fourth-order valence-electron chi connectivity index (χ4n) is 2.10. The molecule has 1 heterocycles. The summed E-state index contributed by atoms with van der Waals surface area (Å²) in [5.74, 6) is 0. The molecule has 2 rings (SSSR count). The van der Waals surface area contributed by atoms with E-state index < -0.39 is 10.2 Å². The average molecular weight is 348 g/mol. The van der Waals surface area contributed by atoms with Gasteiger partial charge in [-0.15, -0.1) is 0 Å². The molecule has 1 aliphatic heterocycles. The maximum atomic E-state index is 12.0. The molecule has 0 atom stereocenters. The molecule has 1 aliphatic rings. The fourth-order valence-corrected chi connectivity index (χ4v) is 3.72. The summed E-state index contributed by atoms with van der Waals surface area (Å²) in [7, 11) is -0.157. The Morgan fingerprint density at radius 1 is 1.11 bits per heavy atom. The van der Waals surface area contributed by atoms with Crippen molar-refractivity contribution in [1.82, 2.24) is 8.61 Å². The number of para-hydroxylation sites is 1. The summed E-state index contributed by atoms with van der Waals surface area (Å²) in [5.41, 5.74) is 1.12. The van der Waals surface area contributed by atoms with Crippen LogP contribution in [0.15, 0.2) is 28.7 Å². The molecule has 1 aromatic carbocycles. The van der Waals surface area contributed by atoms with Crippen LogP contribution in [-0.2, 0) is 10.2 Å². The van der Waals surface area contributed by atoms with Gasteiger partial charge in [0.1, 0.15) is 0 Å². The third-order valence-corrected chi connectivity index (χ3v) is 5.83. The molecular weight excluding hydrogens is 330 g/mol. The lowest BCUT2D eigenvalue weighted by Gasteiger charge is -2.36. The largest absolute Gasteiger partial charge is 0.368 e. The Balaban J connectivity index is 2.06. The van der Waals surface area contributed by atoms with Crippen molar-refractivity contribution in [2.45, 2.75) is 0 Å². The lowest BCUT2D eigenvalue weighted by molar-refractivity contribution is 0.355. The van der Waals surface area contributed by atoms with Crippen LogP contribution >= 0.6 is 15.9 Å². The van der Waals surface area contributed by atoms with Crippen molar-refractivity contribution in [3.05, 3.63) is 28.7 Å². The van der Waals surface area contributed by atoms with Crippen LogP contribution in [0.1, 0.15) is 0 Å². The second-order valence-electron chi connectivity index (χ2n) is 4.63. The normalized spacial score (nSPS) is 18.0. The van der Waals surface area contributed by atoms with E-state index in [0.29, 0.717) is 26.2 Å². The maximum Gasteiger partial charge on any atom is 0.281 e. The van der Waals surface area contributed by atoms with E-state index >= 15 is 0 Å². The standard InChI is InChI=1S/C12H18BrN3O2S/c1-14(2)19(17,18)16-9-7-15(8-10-16)12-6-4-3-5-11(12)13/h3-6H,7-10H2,1-2H3. The number of hydrogen-bond donors (Lipinski definition) is 0. The van der Waals surface area contributed by atoms with Crippen molar-refractivity contribution in [2.24, 2.45) is 0 Å². The SMILES string of the molecule is CN(C)S(=O)(=O)N1CCN(c2ccccc2Br)CC1. The Morgan fingerprint density at radius 3 is 2.21 bits per heavy atom. The van der Waals surface area contributed by atoms with Crippen LogP contribution in [0.4, 0.5) is 5.69 Å². The first kappa shape index (κ1) is 14.8. The molecule has 1 saturated heterocycles. The lowest BCUT2D eigenvalue weighted by atomic mass is 10.2. The number of hydrogen-bond acceptors (Lipinski definition) is 3. The van der Waals surface area contributed by atoms with Crippen LogP contribution in [0.25, 0.3) is 0 Å². The summed E-state index contributed by atoms with van der Waals surface area (Å²) in [6, 6.07) is 8.00. The molecule has 0 saturated carbocycles. The van der Waals surface area contributed by atoms with Gasteiger partial charge >= 0.3 is 0 Å². The number of piperazine rings is 1. The highest BCUT2D eigenvalue weighted by molar-refractivity contribution is 9.10. The number of halogens is 1. The molecule has 0 aliphatic carbocycles. The average Bonchev–Trinajstić information content (AvgIpc) is 2.39. The Bertz CT molecular complexity index is 540. The zero-order valence-electron chi connectivity index (χ0n) is 11.1. The van der Waals surface area contributed by atoms with Crippen LogP contribution in [-0.4, -0.2) is 57.3 Å². The molecule has 0 N–H and O–H groups in total.